The number of rotatable bonds is 3. The lowest BCUT2D eigenvalue weighted by Gasteiger charge is -2.20. The smallest absolute Gasteiger partial charge is 0.209 e. The van der Waals surface area contributed by atoms with Gasteiger partial charge in [-0.15, -0.1) is 0 Å². The van der Waals surface area contributed by atoms with E-state index in [1.54, 1.807) is 19.1 Å². The Morgan fingerprint density at radius 3 is 2.53 bits per heavy atom. The van der Waals surface area contributed by atoms with Gasteiger partial charge in [-0.25, -0.2) is 13.1 Å². The van der Waals surface area contributed by atoms with E-state index in [0.717, 1.165) is 11.8 Å². The summed E-state index contributed by atoms with van der Waals surface area (Å²) in [6.45, 7) is 2.85. The third-order valence-corrected chi connectivity index (χ3v) is 3.24. The van der Waals surface area contributed by atoms with Gasteiger partial charge in [0.2, 0.25) is 10.0 Å². The van der Waals surface area contributed by atoms with Gasteiger partial charge < -0.3 is 9.47 Å². The molecule has 0 saturated heterocycles. The fourth-order valence-electron chi connectivity index (χ4n) is 1.72. The molecular weight excluding hydrogens is 242 g/mol. The van der Waals surface area contributed by atoms with Crippen molar-refractivity contribution in [1.82, 2.24) is 4.72 Å². The lowest BCUT2D eigenvalue weighted by Crippen LogP contribution is -2.25. The molecule has 0 bridgehead atoms. The molecule has 1 N–H and O–H groups in total. The summed E-state index contributed by atoms with van der Waals surface area (Å²) in [5.74, 6) is 1.36. The number of hydrogen-bond acceptors (Lipinski definition) is 4. The molecule has 0 saturated carbocycles. The van der Waals surface area contributed by atoms with Gasteiger partial charge in [0.1, 0.15) is 13.2 Å². The molecule has 6 heteroatoms. The van der Waals surface area contributed by atoms with Crippen molar-refractivity contribution in [2.24, 2.45) is 0 Å². The Bertz CT molecular complexity index is 512. The quantitative estimate of drug-likeness (QED) is 0.879. The lowest BCUT2D eigenvalue weighted by molar-refractivity contribution is 0.171. The van der Waals surface area contributed by atoms with E-state index in [0.29, 0.717) is 24.7 Å². The van der Waals surface area contributed by atoms with Crippen LogP contribution in [0.5, 0.6) is 11.5 Å². The van der Waals surface area contributed by atoms with Crippen molar-refractivity contribution in [3.05, 3.63) is 23.8 Å². The Hall–Kier alpha value is -1.27. The predicted octanol–water partition coefficient (Wildman–Crippen LogP) is 1.07. The summed E-state index contributed by atoms with van der Waals surface area (Å²) in [6, 6.07) is 5.14. The minimum Gasteiger partial charge on any atom is -0.486 e. The van der Waals surface area contributed by atoms with Gasteiger partial charge in [-0.3, -0.25) is 0 Å². The van der Waals surface area contributed by atoms with E-state index in [-0.39, 0.29) is 6.04 Å². The van der Waals surface area contributed by atoms with Crippen LogP contribution in [0.1, 0.15) is 18.5 Å². The lowest BCUT2D eigenvalue weighted by atomic mass is 10.1. The molecule has 1 aliphatic heterocycles. The number of nitrogens with one attached hydrogen (secondary N) is 1. The second-order valence-electron chi connectivity index (χ2n) is 4.01. The van der Waals surface area contributed by atoms with Gasteiger partial charge in [0.05, 0.1) is 6.26 Å². The minimum atomic E-state index is -3.21. The van der Waals surface area contributed by atoms with Gasteiger partial charge in [-0.05, 0) is 24.6 Å². The summed E-state index contributed by atoms with van der Waals surface area (Å²) in [5, 5.41) is 0. The molecule has 1 atom stereocenters. The van der Waals surface area contributed by atoms with Gasteiger partial charge in [-0.2, -0.15) is 0 Å². The molecule has 0 aromatic heterocycles. The molecule has 94 valence electrons. The third-order valence-electron chi connectivity index (χ3n) is 2.46. The normalized spacial score (nSPS) is 16.6. The maximum Gasteiger partial charge on any atom is 0.209 e. The van der Waals surface area contributed by atoms with Crippen LogP contribution < -0.4 is 14.2 Å². The molecule has 1 aromatic rings. The molecule has 0 fully saturated rings. The number of sulfonamides is 1. The van der Waals surface area contributed by atoms with Crippen LogP contribution in [0.3, 0.4) is 0 Å². The van der Waals surface area contributed by atoms with E-state index in [2.05, 4.69) is 4.72 Å². The number of hydrogen-bond donors (Lipinski definition) is 1. The third kappa shape index (κ3) is 3.10. The number of benzene rings is 1. The van der Waals surface area contributed by atoms with Crippen LogP contribution in [0, 0.1) is 0 Å². The second-order valence-corrected chi connectivity index (χ2v) is 5.79. The van der Waals surface area contributed by atoms with Crippen LogP contribution in [-0.4, -0.2) is 27.9 Å². The van der Waals surface area contributed by atoms with Gasteiger partial charge in [0, 0.05) is 6.04 Å². The van der Waals surface area contributed by atoms with Crippen LogP contribution in [0.2, 0.25) is 0 Å². The zero-order valence-electron chi connectivity index (χ0n) is 9.76. The molecule has 0 aliphatic carbocycles. The van der Waals surface area contributed by atoms with E-state index in [9.17, 15) is 8.42 Å². The van der Waals surface area contributed by atoms with Crippen molar-refractivity contribution in [2.75, 3.05) is 19.5 Å². The molecular formula is C11H15NO4S. The summed E-state index contributed by atoms with van der Waals surface area (Å²) < 4.78 is 35.6. The van der Waals surface area contributed by atoms with Gasteiger partial charge in [-0.1, -0.05) is 6.07 Å². The summed E-state index contributed by atoms with van der Waals surface area (Å²) in [4.78, 5) is 0. The molecule has 1 aromatic carbocycles. The Balaban J connectivity index is 2.22. The SMILES string of the molecule is CC(NS(C)(=O)=O)c1ccc2c(c1)OCCO2. The zero-order valence-corrected chi connectivity index (χ0v) is 10.6. The van der Waals surface area contributed by atoms with Crippen LogP contribution in [0.4, 0.5) is 0 Å². The summed E-state index contributed by atoms with van der Waals surface area (Å²) in [5.41, 5.74) is 0.847. The standard InChI is InChI=1S/C11H15NO4S/c1-8(12-17(2,13)14)9-3-4-10-11(7-9)16-6-5-15-10/h3-4,7-8,12H,5-6H2,1-2H3. The van der Waals surface area contributed by atoms with Crippen molar-refractivity contribution in [1.29, 1.82) is 0 Å². The van der Waals surface area contributed by atoms with Crippen molar-refractivity contribution in [2.45, 2.75) is 13.0 Å². The molecule has 0 spiro atoms. The Morgan fingerprint density at radius 1 is 1.24 bits per heavy atom. The summed E-state index contributed by atoms with van der Waals surface area (Å²) in [7, 11) is -3.21. The van der Waals surface area contributed by atoms with Gasteiger partial charge >= 0.3 is 0 Å². The first-order valence-electron chi connectivity index (χ1n) is 5.32. The minimum absolute atomic E-state index is 0.291. The van der Waals surface area contributed by atoms with Crippen molar-refractivity contribution in [3.63, 3.8) is 0 Å². The van der Waals surface area contributed by atoms with Gasteiger partial charge in [0.25, 0.3) is 0 Å². The van der Waals surface area contributed by atoms with Crippen molar-refractivity contribution < 1.29 is 17.9 Å². The Morgan fingerprint density at radius 2 is 1.88 bits per heavy atom. The molecule has 5 nitrogen and oxygen atoms in total. The van der Waals surface area contributed by atoms with Crippen LogP contribution in [0.25, 0.3) is 0 Å². The van der Waals surface area contributed by atoms with E-state index < -0.39 is 10.0 Å². The highest BCUT2D eigenvalue weighted by Gasteiger charge is 2.16. The van der Waals surface area contributed by atoms with Crippen molar-refractivity contribution >= 4 is 10.0 Å². The summed E-state index contributed by atoms with van der Waals surface area (Å²) >= 11 is 0. The first kappa shape index (κ1) is 12.2. The molecule has 17 heavy (non-hydrogen) atoms. The number of fused-ring (bicyclic) bond motifs is 1. The van der Waals surface area contributed by atoms with Crippen LogP contribution in [0.15, 0.2) is 18.2 Å². The molecule has 0 radical (unpaired) electrons. The molecule has 1 unspecified atom stereocenters. The monoisotopic (exact) mass is 257 g/mol. The topological polar surface area (TPSA) is 64.6 Å². The van der Waals surface area contributed by atoms with Gasteiger partial charge in [0.15, 0.2) is 11.5 Å². The highest BCUT2D eigenvalue weighted by atomic mass is 32.2. The van der Waals surface area contributed by atoms with Crippen molar-refractivity contribution in [3.8, 4) is 11.5 Å². The highest BCUT2D eigenvalue weighted by Crippen LogP contribution is 2.32. The molecule has 0 amide bonds. The van der Waals surface area contributed by atoms with E-state index >= 15 is 0 Å². The second kappa shape index (κ2) is 4.54. The fourth-order valence-corrected chi connectivity index (χ4v) is 2.50. The zero-order chi connectivity index (χ0) is 12.5. The molecule has 2 rings (SSSR count). The largest absolute Gasteiger partial charge is 0.486 e. The van der Waals surface area contributed by atoms with E-state index in [1.165, 1.54) is 0 Å². The first-order valence-corrected chi connectivity index (χ1v) is 7.22. The molecule has 1 aliphatic rings. The fraction of sp³-hybridized carbons (Fsp3) is 0.455. The predicted molar refractivity (Wildman–Crippen MR) is 63.8 cm³/mol. The number of ether oxygens (including phenoxy) is 2. The Kier molecular flexibility index (Phi) is 3.26. The first-order chi connectivity index (χ1) is 7.96. The van der Waals surface area contributed by atoms with Crippen LogP contribution in [-0.2, 0) is 10.0 Å². The molecule has 1 heterocycles. The Labute approximate surface area is 101 Å². The van der Waals surface area contributed by atoms with E-state index in [1.807, 2.05) is 6.07 Å². The average Bonchev–Trinajstić information content (AvgIpc) is 2.26. The van der Waals surface area contributed by atoms with Crippen LogP contribution >= 0.6 is 0 Å². The maximum absolute atomic E-state index is 11.1. The maximum atomic E-state index is 11.1. The average molecular weight is 257 g/mol. The summed E-state index contributed by atoms with van der Waals surface area (Å²) in [6.07, 6.45) is 1.14. The van der Waals surface area contributed by atoms with E-state index in [4.69, 9.17) is 9.47 Å². The highest BCUT2D eigenvalue weighted by molar-refractivity contribution is 7.88.